The van der Waals surface area contributed by atoms with E-state index in [1.165, 1.54) is 19.3 Å². The lowest BCUT2D eigenvalue weighted by Crippen LogP contribution is -2.43. The van der Waals surface area contributed by atoms with Crippen molar-refractivity contribution in [2.75, 3.05) is 13.7 Å². The first kappa shape index (κ1) is 12.6. The lowest BCUT2D eigenvalue weighted by Gasteiger charge is -2.42. The predicted octanol–water partition coefficient (Wildman–Crippen LogP) is 2.03. The summed E-state index contributed by atoms with van der Waals surface area (Å²) in [6.45, 7) is 3.09. The Balaban J connectivity index is 2.10. The summed E-state index contributed by atoms with van der Waals surface area (Å²) < 4.78 is 7.80. The van der Waals surface area contributed by atoms with Crippen LogP contribution in [0, 0.1) is 0 Å². The van der Waals surface area contributed by atoms with Gasteiger partial charge in [-0.25, -0.2) is 4.98 Å². The first-order chi connectivity index (χ1) is 8.21. The standard InChI is InChI=1S/C13H23N3O/c1-4-14-11(12-15-8-9-16(12)2)10-13(17-3)6-5-7-13/h8-9,11,14H,4-7,10H2,1-3H3. The van der Waals surface area contributed by atoms with Crippen molar-refractivity contribution in [3.8, 4) is 0 Å². The monoisotopic (exact) mass is 237 g/mol. The molecule has 0 aliphatic heterocycles. The Morgan fingerprint density at radius 2 is 2.35 bits per heavy atom. The normalized spacial score (nSPS) is 19.9. The van der Waals surface area contributed by atoms with Crippen LogP contribution < -0.4 is 5.32 Å². The Morgan fingerprint density at radius 1 is 1.59 bits per heavy atom. The van der Waals surface area contributed by atoms with Crippen LogP contribution in [0.1, 0.15) is 44.5 Å². The Kier molecular flexibility index (Phi) is 3.84. The van der Waals surface area contributed by atoms with E-state index in [9.17, 15) is 0 Å². The number of aryl methyl sites for hydroxylation is 1. The topological polar surface area (TPSA) is 39.1 Å². The first-order valence-corrected chi connectivity index (χ1v) is 6.46. The molecule has 0 aromatic carbocycles. The van der Waals surface area contributed by atoms with E-state index in [4.69, 9.17) is 4.74 Å². The van der Waals surface area contributed by atoms with Crippen LogP contribution in [0.5, 0.6) is 0 Å². The fourth-order valence-electron chi connectivity index (χ4n) is 2.65. The molecule has 4 nitrogen and oxygen atoms in total. The van der Waals surface area contributed by atoms with Crippen molar-refractivity contribution in [1.29, 1.82) is 0 Å². The molecule has 17 heavy (non-hydrogen) atoms. The highest BCUT2D eigenvalue weighted by Gasteiger charge is 2.39. The second-order valence-corrected chi connectivity index (χ2v) is 4.95. The maximum atomic E-state index is 5.71. The largest absolute Gasteiger partial charge is 0.378 e. The number of nitrogens with zero attached hydrogens (tertiary/aromatic N) is 2. The summed E-state index contributed by atoms with van der Waals surface area (Å²) >= 11 is 0. The summed E-state index contributed by atoms with van der Waals surface area (Å²) in [6, 6.07) is 0.292. The molecule has 1 heterocycles. The highest BCUT2D eigenvalue weighted by atomic mass is 16.5. The van der Waals surface area contributed by atoms with Gasteiger partial charge in [-0.15, -0.1) is 0 Å². The number of rotatable bonds is 6. The third kappa shape index (κ3) is 2.53. The molecule has 1 aromatic heterocycles. The average molecular weight is 237 g/mol. The van der Waals surface area contributed by atoms with Crippen molar-refractivity contribution >= 4 is 0 Å². The van der Waals surface area contributed by atoms with E-state index in [1.54, 1.807) is 0 Å². The minimum atomic E-state index is 0.0821. The van der Waals surface area contributed by atoms with E-state index in [2.05, 4.69) is 21.8 Å². The van der Waals surface area contributed by atoms with Gasteiger partial charge in [-0.05, 0) is 32.2 Å². The molecule has 0 bridgehead atoms. The van der Waals surface area contributed by atoms with Gasteiger partial charge in [-0.2, -0.15) is 0 Å². The molecule has 1 aliphatic rings. The van der Waals surface area contributed by atoms with E-state index < -0.39 is 0 Å². The molecule has 1 unspecified atom stereocenters. The number of nitrogens with one attached hydrogen (secondary N) is 1. The Morgan fingerprint density at radius 3 is 2.76 bits per heavy atom. The quantitative estimate of drug-likeness (QED) is 0.823. The summed E-state index contributed by atoms with van der Waals surface area (Å²) in [5.41, 5.74) is 0.0821. The number of hydrogen-bond donors (Lipinski definition) is 1. The van der Waals surface area contributed by atoms with E-state index in [-0.39, 0.29) is 5.60 Å². The average Bonchev–Trinajstić information content (AvgIpc) is 2.68. The van der Waals surface area contributed by atoms with E-state index in [0.29, 0.717) is 6.04 Å². The van der Waals surface area contributed by atoms with Gasteiger partial charge < -0.3 is 14.6 Å². The van der Waals surface area contributed by atoms with Gasteiger partial charge in [0.2, 0.25) is 0 Å². The van der Waals surface area contributed by atoms with Crippen LogP contribution in [-0.2, 0) is 11.8 Å². The summed E-state index contributed by atoms with van der Waals surface area (Å²) in [6.07, 6.45) is 8.51. The highest BCUT2D eigenvalue weighted by Crippen LogP contribution is 2.41. The number of imidazole rings is 1. The van der Waals surface area contributed by atoms with Gasteiger partial charge in [0.05, 0.1) is 11.6 Å². The molecule has 96 valence electrons. The number of aromatic nitrogens is 2. The minimum absolute atomic E-state index is 0.0821. The Labute approximate surface area is 103 Å². The molecule has 1 N–H and O–H groups in total. The van der Waals surface area contributed by atoms with Crippen LogP contribution >= 0.6 is 0 Å². The third-order valence-corrected chi connectivity index (χ3v) is 3.89. The van der Waals surface area contributed by atoms with E-state index >= 15 is 0 Å². The van der Waals surface area contributed by atoms with Gasteiger partial charge in [0.1, 0.15) is 5.82 Å². The van der Waals surface area contributed by atoms with Crippen molar-refractivity contribution in [1.82, 2.24) is 14.9 Å². The molecule has 1 fully saturated rings. The molecule has 1 atom stereocenters. The molecular formula is C13H23N3O. The summed E-state index contributed by atoms with van der Waals surface area (Å²) in [7, 11) is 3.88. The van der Waals surface area contributed by atoms with Crippen LogP contribution in [0.25, 0.3) is 0 Å². The Bertz CT molecular complexity index is 352. The smallest absolute Gasteiger partial charge is 0.125 e. The zero-order chi connectivity index (χ0) is 12.3. The molecule has 1 saturated carbocycles. The van der Waals surface area contributed by atoms with Crippen LogP contribution in [-0.4, -0.2) is 28.8 Å². The molecular weight excluding hydrogens is 214 g/mol. The van der Waals surface area contributed by atoms with Crippen LogP contribution in [0.2, 0.25) is 0 Å². The molecule has 0 spiro atoms. The van der Waals surface area contributed by atoms with Gasteiger partial charge in [-0.1, -0.05) is 6.92 Å². The second kappa shape index (κ2) is 5.19. The van der Waals surface area contributed by atoms with Crippen LogP contribution in [0.4, 0.5) is 0 Å². The summed E-state index contributed by atoms with van der Waals surface area (Å²) in [5, 5.41) is 3.52. The summed E-state index contributed by atoms with van der Waals surface area (Å²) in [4.78, 5) is 4.46. The molecule has 0 radical (unpaired) electrons. The SMILES string of the molecule is CCNC(CC1(OC)CCC1)c1nccn1C. The molecule has 0 saturated heterocycles. The minimum Gasteiger partial charge on any atom is -0.378 e. The lowest BCUT2D eigenvalue weighted by molar-refractivity contribution is -0.0843. The van der Waals surface area contributed by atoms with E-state index in [1.807, 2.05) is 26.6 Å². The van der Waals surface area contributed by atoms with Gasteiger partial charge in [0.15, 0.2) is 0 Å². The fraction of sp³-hybridized carbons (Fsp3) is 0.769. The Hall–Kier alpha value is -0.870. The van der Waals surface area contributed by atoms with Crippen molar-refractivity contribution < 1.29 is 4.74 Å². The molecule has 1 aliphatic carbocycles. The van der Waals surface area contributed by atoms with E-state index in [0.717, 1.165) is 18.8 Å². The molecule has 0 amide bonds. The molecule has 4 heteroatoms. The van der Waals surface area contributed by atoms with Gasteiger partial charge in [0.25, 0.3) is 0 Å². The summed E-state index contributed by atoms with van der Waals surface area (Å²) in [5.74, 6) is 1.11. The van der Waals surface area contributed by atoms with Crippen molar-refractivity contribution in [3.05, 3.63) is 18.2 Å². The van der Waals surface area contributed by atoms with Gasteiger partial charge in [-0.3, -0.25) is 0 Å². The zero-order valence-electron chi connectivity index (χ0n) is 11.1. The maximum absolute atomic E-state index is 5.71. The first-order valence-electron chi connectivity index (χ1n) is 6.46. The number of methoxy groups -OCH3 is 1. The van der Waals surface area contributed by atoms with Crippen LogP contribution in [0.3, 0.4) is 0 Å². The van der Waals surface area contributed by atoms with Gasteiger partial charge in [0, 0.05) is 26.6 Å². The number of ether oxygens (including phenoxy) is 1. The van der Waals surface area contributed by atoms with Crippen molar-refractivity contribution in [3.63, 3.8) is 0 Å². The highest BCUT2D eigenvalue weighted by molar-refractivity contribution is 5.03. The van der Waals surface area contributed by atoms with Crippen LogP contribution in [0.15, 0.2) is 12.4 Å². The number of hydrogen-bond acceptors (Lipinski definition) is 3. The third-order valence-electron chi connectivity index (χ3n) is 3.89. The molecule has 2 rings (SSSR count). The maximum Gasteiger partial charge on any atom is 0.125 e. The predicted molar refractivity (Wildman–Crippen MR) is 67.8 cm³/mol. The zero-order valence-corrected chi connectivity index (χ0v) is 11.1. The lowest BCUT2D eigenvalue weighted by atomic mass is 9.75. The van der Waals surface area contributed by atoms with Crippen molar-refractivity contribution in [2.45, 2.75) is 44.2 Å². The van der Waals surface area contributed by atoms with Crippen molar-refractivity contribution in [2.24, 2.45) is 7.05 Å². The second-order valence-electron chi connectivity index (χ2n) is 4.95. The molecule has 1 aromatic rings. The fourth-order valence-corrected chi connectivity index (χ4v) is 2.65. The van der Waals surface area contributed by atoms with Gasteiger partial charge >= 0.3 is 0 Å².